The van der Waals surface area contributed by atoms with Crippen molar-refractivity contribution in [2.45, 2.75) is 33.2 Å². The SMILES string of the molecule is CC(C)C(=O)N1CCC(C(=O)N(C)Cc2cc([N+](=O)[O-])ccc2Cl)CC1. The second-order valence-electron chi connectivity index (χ2n) is 6.98. The summed E-state index contributed by atoms with van der Waals surface area (Å²) in [5.41, 5.74) is 0.495. The number of nitrogens with zero attached hydrogens (tertiary/aromatic N) is 3. The molecular formula is C18H24ClN3O4. The Bertz CT molecular complexity index is 700. The van der Waals surface area contributed by atoms with E-state index in [4.69, 9.17) is 11.6 Å². The van der Waals surface area contributed by atoms with Gasteiger partial charge in [-0.2, -0.15) is 0 Å². The summed E-state index contributed by atoms with van der Waals surface area (Å²) in [6, 6.07) is 4.22. The summed E-state index contributed by atoms with van der Waals surface area (Å²) < 4.78 is 0. The molecule has 0 atom stereocenters. The number of likely N-dealkylation sites (tertiary alicyclic amines) is 1. The smallest absolute Gasteiger partial charge is 0.269 e. The molecule has 2 rings (SSSR count). The van der Waals surface area contributed by atoms with Crippen LogP contribution in [0.25, 0.3) is 0 Å². The zero-order valence-corrected chi connectivity index (χ0v) is 16.0. The standard InChI is InChI=1S/C18H24ClN3O4/c1-12(2)17(23)21-8-6-13(7-9-21)18(24)20(3)11-14-10-15(22(25)26)4-5-16(14)19/h4-5,10,12-13H,6-9,11H2,1-3H3. The first kappa shape index (κ1) is 20.2. The average Bonchev–Trinajstić information content (AvgIpc) is 2.62. The van der Waals surface area contributed by atoms with Crippen molar-refractivity contribution in [2.75, 3.05) is 20.1 Å². The molecule has 2 amide bonds. The molecule has 142 valence electrons. The van der Waals surface area contributed by atoms with Crippen LogP contribution in [0.2, 0.25) is 5.02 Å². The maximum Gasteiger partial charge on any atom is 0.269 e. The van der Waals surface area contributed by atoms with Crippen LogP contribution in [-0.2, 0) is 16.1 Å². The molecule has 7 nitrogen and oxygen atoms in total. The van der Waals surface area contributed by atoms with E-state index in [1.807, 2.05) is 18.7 Å². The molecule has 0 spiro atoms. The average molecular weight is 382 g/mol. The highest BCUT2D eigenvalue weighted by Gasteiger charge is 2.30. The molecule has 1 aliphatic heterocycles. The Balaban J connectivity index is 1.98. The molecule has 1 heterocycles. The predicted octanol–water partition coefficient (Wildman–Crippen LogP) is 3.10. The molecule has 0 aromatic heterocycles. The predicted molar refractivity (Wildman–Crippen MR) is 98.7 cm³/mol. The zero-order chi connectivity index (χ0) is 19.4. The second-order valence-corrected chi connectivity index (χ2v) is 7.39. The van der Waals surface area contributed by atoms with E-state index in [-0.39, 0.29) is 35.9 Å². The van der Waals surface area contributed by atoms with E-state index in [0.717, 1.165) is 0 Å². The van der Waals surface area contributed by atoms with Crippen LogP contribution in [0.1, 0.15) is 32.3 Å². The number of nitro benzene ring substituents is 1. The Kier molecular flexibility index (Phi) is 6.58. The molecule has 0 saturated carbocycles. The third-order valence-corrected chi connectivity index (χ3v) is 5.04. The van der Waals surface area contributed by atoms with Gasteiger partial charge in [-0.05, 0) is 24.5 Å². The number of hydrogen-bond acceptors (Lipinski definition) is 4. The Morgan fingerprint density at radius 2 is 1.96 bits per heavy atom. The zero-order valence-electron chi connectivity index (χ0n) is 15.3. The summed E-state index contributed by atoms with van der Waals surface area (Å²) in [5, 5.41) is 11.3. The van der Waals surface area contributed by atoms with E-state index in [9.17, 15) is 19.7 Å². The van der Waals surface area contributed by atoms with Crippen LogP contribution in [0.15, 0.2) is 18.2 Å². The van der Waals surface area contributed by atoms with E-state index in [0.29, 0.717) is 36.5 Å². The number of rotatable bonds is 5. The van der Waals surface area contributed by atoms with E-state index < -0.39 is 4.92 Å². The van der Waals surface area contributed by atoms with Crippen molar-refractivity contribution in [1.29, 1.82) is 0 Å². The van der Waals surface area contributed by atoms with Gasteiger partial charge in [-0.3, -0.25) is 19.7 Å². The lowest BCUT2D eigenvalue weighted by atomic mass is 9.94. The summed E-state index contributed by atoms with van der Waals surface area (Å²) in [4.78, 5) is 38.5. The van der Waals surface area contributed by atoms with Crippen LogP contribution in [0, 0.1) is 22.0 Å². The molecule has 0 unspecified atom stereocenters. The lowest BCUT2D eigenvalue weighted by Crippen LogP contribution is -2.44. The highest BCUT2D eigenvalue weighted by atomic mass is 35.5. The van der Waals surface area contributed by atoms with Crippen LogP contribution in [0.3, 0.4) is 0 Å². The maximum atomic E-state index is 12.7. The van der Waals surface area contributed by atoms with Crippen LogP contribution in [-0.4, -0.2) is 46.7 Å². The Hall–Kier alpha value is -2.15. The third kappa shape index (κ3) is 4.72. The van der Waals surface area contributed by atoms with E-state index in [2.05, 4.69) is 0 Å². The van der Waals surface area contributed by atoms with Gasteiger partial charge in [0.25, 0.3) is 5.69 Å². The van der Waals surface area contributed by atoms with Gasteiger partial charge in [0.2, 0.25) is 11.8 Å². The van der Waals surface area contributed by atoms with E-state index in [1.165, 1.54) is 18.2 Å². The maximum absolute atomic E-state index is 12.7. The minimum Gasteiger partial charge on any atom is -0.342 e. The number of hydrogen-bond donors (Lipinski definition) is 0. The molecule has 1 aliphatic rings. The number of piperidine rings is 1. The van der Waals surface area contributed by atoms with Crippen molar-refractivity contribution in [2.24, 2.45) is 11.8 Å². The minimum absolute atomic E-state index is 0.0239. The largest absolute Gasteiger partial charge is 0.342 e. The molecule has 8 heteroatoms. The van der Waals surface area contributed by atoms with Gasteiger partial charge in [-0.25, -0.2) is 0 Å². The summed E-state index contributed by atoms with van der Waals surface area (Å²) in [6.45, 7) is 5.12. The first-order chi connectivity index (χ1) is 12.2. The molecule has 0 bridgehead atoms. The van der Waals surface area contributed by atoms with Gasteiger partial charge in [0.1, 0.15) is 0 Å². The number of non-ortho nitro benzene ring substituents is 1. The van der Waals surface area contributed by atoms with Gasteiger partial charge >= 0.3 is 0 Å². The van der Waals surface area contributed by atoms with Crippen molar-refractivity contribution < 1.29 is 14.5 Å². The summed E-state index contributed by atoms with van der Waals surface area (Å²) in [6.07, 6.45) is 1.26. The van der Waals surface area contributed by atoms with Crippen molar-refractivity contribution in [3.05, 3.63) is 38.9 Å². The number of nitro groups is 1. The van der Waals surface area contributed by atoms with Crippen molar-refractivity contribution in [1.82, 2.24) is 9.80 Å². The van der Waals surface area contributed by atoms with Gasteiger partial charge in [0.15, 0.2) is 0 Å². The van der Waals surface area contributed by atoms with Crippen LogP contribution in [0.4, 0.5) is 5.69 Å². The first-order valence-electron chi connectivity index (χ1n) is 8.67. The van der Waals surface area contributed by atoms with Crippen LogP contribution in [0.5, 0.6) is 0 Å². The molecule has 1 aromatic carbocycles. The molecule has 0 radical (unpaired) electrons. The van der Waals surface area contributed by atoms with E-state index >= 15 is 0 Å². The normalized spacial score (nSPS) is 15.2. The number of amides is 2. The lowest BCUT2D eigenvalue weighted by Gasteiger charge is -2.34. The van der Waals surface area contributed by atoms with Gasteiger partial charge in [-0.1, -0.05) is 25.4 Å². The van der Waals surface area contributed by atoms with Gasteiger partial charge in [0.05, 0.1) is 4.92 Å². The van der Waals surface area contributed by atoms with Crippen molar-refractivity contribution >= 4 is 29.1 Å². The summed E-state index contributed by atoms with van der Waals surface area (Å²) in [5.74, 6) is -0.0912. The molecule has 0 N–H and O–H groups in total. The molecule has 1 fully saturated rings. The quantitative estimate of drug-likeness (QED) is 0.579. The van der Waals surface area contributed by atoms with Crippen LogP contribution >= 0.6 is 11.6 Å². The van der Waals surface area contributed by atoms with Gasteiger partial charge < -0.3 is 9.80 Å². The van der Waals surface area contributed by atoms with Crippen molar-refractivity contribution in [3.8, 4) is 0 Å². The topological polar surface area (TPSA) is 83.8 Å². The number of carbonyl (C=O) groups is 2. The number of carbonyl (C=O) groups excluding carboxylic acids is 2. The summed E-state index contributed by atoms with van der Waals surface area (Å²) >= 11 is 6.11. The van der Waals surface area contributed by atoms with Crippen LogP contribution < -0.4 is 0 Å². The molecule has 26 heavy (non-hydrogen) atoms. The third-order valence-electron chi connectivity index (χ3n) is 4.67. The molecule has 0 aliphatic carbocycles. The molecular weight excluding hydrogens is 358 g/mol. The Morgan fingerprint density at radius 3 is 2.50 bits per heavy atom. The fourth-order valence-corrected chi connectivity index (χ4v) is 3.33. The highest BCUT2D eigenvalue weighted by Crippen LogP contribution is 2.25. The van der Waals surface area contributed by atoms with Crippen molar-refractivity contribution in [3.63, 3.8) is 0 Å². The van der Waals surface area contributed by atoms with Gasteiger partial charge in [-0.15, -0.1) is 0 Å². The fraction of sp³-hybridized carbons (Fsp3) is 0.556. The highest BCUT2D eigenvalue weighted by molar-refractivity contribution is 6.31. The monoisotopic (exact) mass is 381 g/mol. The van der Waals surface area contributed by atoms with E-state index in [1.54, 1.807) is 11.9 Å². The summed E-state index contributed by atoms with van der Waals surface area (Å²) in [7, 11) is 1.67. The Morgan fingerprint density at radius 1 is 1.35 bits per heavy atom. The number of halogens is 1. The van der Waals surface area contributed by atoms with Gasteiger partial charge in [0, 0.05) is 55.7 Å². The molecule has 1 saturated heterocycles. The first-order valence-corrected chi connectivity index (χ1v) is 9.05. The fourth-order valence-electron chi connectivity index (χ4n) is 3.15. The molecule has 1 aromatic rings. The minimum atomic E-state index is -0.483. The number of benzene rings is 1. The second kappa shape index (κ2) is 8.49. The Labute approximate surface area is 158 Å². The lowest BCUT2D eigenvalue weighted by molar-refractivity contribution is -0.384.